The van der Waals surface area contributed by atoms with Crippen molar-refractivity contribution in [2.75, 3.05) is 31.1 Å². The lowest BCUT2D eigenvalue weighted by molar-refractivity contribution is -0.127. The van der Waals surface area contributed by atoms with Crippen molar-refractivity contribution in [2.24, 2.45) is 0 Å². The summed E-state index contributed by atoms with van der Waals surface area (Å²) in [6.07, 6.45) is -4.64. The van der Waals surface area contributed by atoms with Crippen molar-refractivity contribution in [1.29, 1.82) is 0 Å². The summed E-state index contributed by atoms with van der Waals surface area (Å²) in [4.78, 5) is 23.1. The van der Waals surface area contributed by atoms with Gasteiger partial charge in [-0.05, 0) is 20.8 Å². The predicted octanol–water partition coefficient (Wildman–Crippen LogP) is 2.64. The zero-order valence-electron chi connectivity index (χ0n) is 13.9. The molecule has 134 valence electrons. The van der Waals surface area contributed by atoms with E-state index < -0.39 is 18.2 Å². The van der Waals surface area contributed by atoms with Crippen LogP contribution in [0.1, 0.15) is 26.5 Å². The molecule has 1 fully saturated rings. The predicted molar refractivity (Wildman–Crippen MR) is 81.8 cm³/mol. The van der Waals surface area contributed by atoms with E-state index in [1.165, 1.54) is 6.07 Å². The number of carbonyl (C=O) groups is 1. The topological polar surface area (TPSA) is 58.6 Å². The number of anilines is 1. The molecule has 1 aliphatic heterocycles. The highest BCUT2D eigenvalue weighted by Crippen LogP contribution is 2.22. The summed E-state index contributed by atoms with van der Waals surface area (Å²) in [6.45, 7) is 7.18. The lowest BCUT2D eigenvalue weighted by Gasteiger charge is -2.36. The van der Waals surface area contributed by atoms with Crippen molar-refractivity contribution in [3.63, 3.8) is 0 Å². The number of alkyl halides is 3. The van der Waals surface area contributed by atoms with Gasteiger partial charge < -0.3 is 14.5 Å². The molecule has 0 aliphatic carbocycles. The van der Waals surface area contributed by atoms with Crippen LogP contribution in [0.2, 0.25) is 0 Å². The molecule has 0 atom stereocenters. The molecular formula is C15H21F3N4O2. The average molecular weight is 346 g/mol. The number of piperazine rings is 1. The number of ether oxygens (including phenoxy) is 1. The molecule has 2 heterocycles. The van der Waals surface area contributed by atoms with E-state index in [1.807, 2.05) is 4.90 Å². The molecule has 0 N–H and O–H groups in total. The number of aromatic nitrogens is 2. The van der Waals surface area contributed by atoms with Crippen LogP contribution in [0, 0.1) is 0 Å². The molecule has 0 saturated carbocycles. The van der Waals surface area contributed by atoms with Crippen molar-refractivity contribution in [3.05, 3.63) is 18.1 Å². The number of halogens is 3. The van der Waals surface area contributed by atoms with E-state index in [9.17, 15) is 18.0 Å². The Bertz CT molecular complexity index is 579. The molecule has 1 amide bonds. The largest absolute Gasteiger partial charge is 0.444 e. The Morgan fingerprint density at radius 3 is 2.33 bits per heavy atom. The molecule has 1 aliphatic rings. The summed E-state index contributed by atoms with van der Waals surface area (Å²) in [7, 11) is 0. The van der Waals surface area contributed by atoms with Crippen molar-refractivity contribution >= 4 is 11.9 Å². The van der Waals surface area contributed by atoms with E-state index in [1.54, 1.807) is 25.7 Å². The van der Waals surface area contributed by atoms with Crippen LogP contribution in [0.25, 0.3) is 0 Å². The van der Waals surface area contributed by atoms with E-state index in [4.69, 9.17) is 4.74 Å². The summed E-state index contributed by atoms with van der Waals surface area (Å²) in [5, 5.41) is 0. The van der Waals surface area contributed by atoms with Gasteiger partial charge in [-0.2, -0.15) is 13.2 Å². The minimum absolute atomic E-state index is 0.0675. The molecule has 1 aromatic heterocycles. The standard InChI is InChI=1S/C15H21F3N4O2/c1-14(2,3)24-13(23)22-6-4-21(5-7-22)12-8-11(19-10-20-12)9-15(16,17)18/h8,10H,4-7,9H2,1-3H3. The van der Waals surface area contributed by atoms with Crippen molar-refractivity contribution in [3.8, 4) is 0 Å². The van der Waals surface area contributed by atoms with E-state index in [2.05, 4.69) is 9.97 Å². The molecule has 9 heteroatoms. The summed E-state index contributed by atoms with van der Waals surface area (Å²) >= 11 is 0. The maximum absolute atomic E-state index is 12.5. The second-order valence-corrected chi connectivity index (χ2v) is 6.61. The summed E-state index contributed by atoms with van der Waals surface area (Å²) in [6, 6.07) is 1.34. The zero-order valence-corrected chi connectivity index (χ0v) is 13.9. The number of rotatable bonds is 2. The Labute approximate surface area is 138 Å². The first-order valence-corrected chi connectivity index (χ1v) is 7.64. The van der Waals surface area contributed by atoms with Gasteiger partial charge in [0.15, 0.2) is 0 Å². The quantitative estimate of drug-likeness (QED) is 0.824. The highest BCUT2D eigenvalue weighted by atomic mass is 19.4. The number of carbonyl (C=O) groups excluding carboxylic acids is 1. The number of amides is 1. The molecule has 24 heavy (non-hydrogen) atoms. The third kappa shape index (κ3) is 5.54. The van der Waals surface area contributed by atoms with Crippen LogP contribution < -0.4 is 4.90 Å². The average Bonchev–Trinajstić information content (AvgIpc) is 2.44. The molecule has 0 unspecified atom stereocenters. The summed E-state index contributed by atoms with van der Waals surface area (Å²) in [5.41, 5.74) is -0.630. The number of nitrogens with zero attached hydrogens (tertiary/aromatic N) is 4. The fraction of sp³-hybridized carbons (Fsp3) is 0.667. The molecule has 2 rings (SSSR count). The maximum atomic E-state index is 12.5. The van der Waals surface area contributed by atoms with Crippen LogP contribution in [0.15, 0.2) is 12.4 Å². The third-order valence-corrected chi connectivity index (χ3v) is 3.35. The first-order chi connectivity index (χ1) is 11.0. The van der Waals surface area contributed by atoms with E-state index in [0.29, 0.717) is 32.0 Å². The van der Waals surface area contributed by atoms with Gasteiger partial charge in [-0.3, -0.25) is 0 Å². The lowest BCUT2D eigenvalue weighted by Crippen LogP contribution is -2.50. The molecule has 0 aromatic carbocycles. The fourth-order valence-electron chi connectivity index (χ4n) is 2.31. The minimum Gasteiger partial charge on any atom is -0.444 e. The minimum atomic E-state index is -4.30. The van der Waals surface area contributed by atoms with E-state index >= 15 is 0 Å². The van der Waals surface area contributed by atoms with Gasteiger partial charge in [0.25, 0.3) is 0 Å². The van der Waals surface area contributed by atoms with E-state index in [0.717, 1.165) is 6.33 Å². The van der Waals surface area contributed by atoms with Crippen LogP contribution in [-0.4, -0.2) is 58.9 Å². The van der Waals surface area contributed by atoms with Gasteiger partial charge in [0.2, 0.25) is 0 Å². The van der Waals surface area contributed by atoms with Gasteiger partial charge in [0.1, 0.15) is 17.7 Å². The molecular weight excluding hydrogens is 325 g/mol. The molecule has 0 bridgehead atoms. The Hall–Kier alpha value is -2.06. The third-order valence-electron chi connectivity index (χ3n) is 3.35. The van der Waals surface area contributed by atoms with Crippen LogP contribution in [-0.2, 0) is 11.2 Å². The molecule has 0 radical (unpaired) electrons. The maximum Gasteiger partial charge on any atom is 0.410 e. The summed E-state index contributed by atoms with van der Waals surface area (Å²) < 4.78 is 42.7. The molecule has 1 aromatic rings. The van der Waals surface area contributed by atoms with Gasteiger partial charge in [-0.25, -0.2) is 14.8 Å². The fourth-order valence-corrected chi connectivity index (χ4v) is 2.31. The Kier molecular flexibility index (Phi) is 5.19. The monoisotopic (exact) mass is 346 g/mol. The molecule has 1 saturated heterocycles. The van der Waals surface area contributed by atoms with Crippen LogP contribution in [0.5, 0.6) is 0 Å². The highest BCUT2D eigenvalue weighted by molar-refractivity contribution is 5.68. The highest BCUT2D eigenvalue weighted by Gasteiger charge is 2.30. The van der Waals surface area contributed by atoms with Crippen LogP contribution in [0.3, 0.4) is 0 Å². The van der Waals surface area contributed by atoms with Gasteiger partial charge in [0, 0.05) is 32.2 Å². The number of hydrogen-bond donors (Lipinski definition) is 0. The Morgan fingerprint density at radius 2 is 1.79 bits per heavy atom. The first-order valence-electron chi connectivity index (χ1n) is 7.64. The van der Waals surface area contributed by atoms with Crippen LogP contribution >= 0.6 is 0 Å². The molecule has 6 nitrogen and oxygen atoms in total. The van der Waals surface area contributed by atoms with Crippen molar-refractivity contribution in [2.45, 2.75) is 39.0 Å². The van der Waals surface area contributed by atoms with Crippen molar-refractivity contribution in [1.82, 2.24) is 14.9 Å². The van der Waals surface area contributed by atoms with Gasteiger partial charge >= 0.3 is 12.3 Å². The first kappa shape index (κ1) is 18.3. The summed E-state index contributed by atoms with van der Waals surface area (Å²) in [5.74, 6) is 0.438. The normalized spacial score (nSPS) is 16.2. The smallest absolute Gasteiger partial charge is 0.410 e. The Balaban J connectivity index is 1.95. The van der Waals surface area contributed by atoms with Gasteiger partial charge in [-0.1, -0.05) is 0 Å². The second kappa shape index (κ2) is 6.82. The van der Waals surface area contributed by atoms with E-state index in [-0.39, 0.29) is 11.8 Å². The van der Waals surface area contributed by atoms with Gasteiger partial charge in [0.05, 0.1) is 12.1 Å². The Morgan fingerprint density at radius 1 is 1.17 bits per heavy atom. The molecule has 0 spiro atoms. The second-order valence-electron chi connectivity index (χ2n) is 6.61. The zero-order chi connectivity index (χ0) is 18.0. The van der Waals surface area contributed by atoms with Crippen LogP contribution in [0.4, 0.5) is 23.8 Å². The lowest BCUT2D eigenvalue weighted by atomic mass is 10.2. The van der Waals surface area contributed by atoms with Gasteiger partial charge in [-0.15, -0.1) is 0 Å². The number of hydrogen-bond acceptors (Lipinski definition) is 5. The SMILES string of the molecule is CC(C)(C)OC(=O)N1CCN(c2cc(CC(F)(F)F)ncn2)CC1. The van der Waals surface area contributed by atoms with Crippen molar-refractivity contribution < 1.29 is 22.7 Å².